The average Bonchev–Trinajstić information content (AvgIpc) is 3.76. The average molecular weight is 734 g/mol. The third kappa shape index (κ3) is 4.42. The van der Waals surface area contributed by atoms with E-state index in [-0.39, 0.29) is 10.8 Å². The third-order valence-corrected chi connectivity index (χ3v) is 18.2. The van der Waals surface area contributed by atoms with Gasteiger partial charge in [0.2, 0.25) is 0 Å². The summed E-state index contributed by atoms with van der Waals surface area (Å²) in [5.74, 6) is 0. The smallest absolute Gasteiger partial charge is 0.180 e. The van der Waals surface area contributed by atoms with Gasteiger partial charge in [0.05, 0.1) is 0 Å². The van der Waals surface area contributed by atoms with Crippen molar-refractivity contribution in [1.82, 2.24) is 0 Å². The van der Waals surface area contributed by atoms with Crippen LogP contribution in [0.3, 0.4) is 0 Å². The molecule has 0 saturated heterocycles. The summed E-state index contributed by atoms with van der Waals surface area (Å²) in [5.41, 5.74) is 16.9. The van der Waals surface area contributed by atoms with Crippen molar-refractivity contribution in [2.45, 2.75) is 38.5 Å². The maximum Gasteiger partial charge on any atom is 0.180 e. The molecule has 56 heavy (non-hydrogen) atoms. The normalized spacial score (nSPS) is 15.6. The van der Waals surface area contributed by atoms with Crippen molar-refractivity contribution >= 4 is 45.9 Å². The molecule has 0 N–H and O–H groups in total. The number of hydrogen-bond donors (Lipinski definition) is 0. The Hall–Kier alpha value is -6.22. The summed E-state index contributed by atoms with van der Waals surface area (Å²) in [6.07, 6.45) is 0. The lowest BCUT2D eigenvalue weighted by Gasteiger charge is -2.33. The zero-order valence-electron chi connectivity index (χ0n) is 32.3. The van der Waals surface area contributed by atoms with Gasteiger partial charge in [-0.1, -0.05) is 179 Å². The van der Waals surface area contributed by atoms with Gasteiger partial charge in [-0.3, -0.25) is 0 Å². The van der Waals surface area contributed by atoms with Crippen molar-refractivity contribution in [3.63, 3.8) is 0 Å². The Labute approximate surface area is 331 Å². The second kappa shape index (κ2) is 11.9. The molecule has 0 amide bonds. The van der Waals surface area contributed by atoms with Crippen LogP contribution in [-0.4, -0.2) is 8.07 Å². The molecule has 0 bridgehead atoms. The minimum Gasteiger partial charge on any atom is -0.310 e. The first-order chi connectivity index (χ1) is 27.3. The van der Waals surface area contributed by atoms with Crippen LogP contribution >= 0.6 is 0 Å². The molecule has 0 atom stereocenters. The van der Waals surface area contributed by atoms with Gasteiger partial charge in [-0.2, -0.15) is 0 Å². The van der Waals surface area contributed by atoms with Gasteiger partial charge >= 0.3 is 0 Å². The molecule has 3 aliphatic rings. The minimum absolute atomic E-state index is 0.113. The van der Waals surface area contributed by atoms with Crippen molar-refractivity contribution in [2.24, 2.45) is 0 Å². The first-order valence-electron chi connectivity index (χ1n) is 19.9. The number of nitrogens with zero attached hydrogens (tertiary/aromatic N) is 1. The molecule has 0 fully saturated rings. The zero-order chi connectivity index (χ0) is 37.8. The number of rotatable bonds is 5. The molecule has 0 saturated carbocycles. The van der Waals surface area contributed by atoms with Crippen molar-refractivity contribution in [3.05, 3.63) is 210 Å². The van der Waals surface area contributed by atoms with Crippen LogP contribution in [0, 0.1) is 0 Å². The summed E-state index contributed by atoms with van der Waals surface area (Å²) < 4.78 is 0. The second-order valence-electron chi connectivity index (χ2n) is 16.9. The standard InChI is InChI=1S/C54H43NSi/c1-53(2)47-25-12-8-21-41(47)43-31-29-37(34-49(43)53)55(38-30-32-44-42-22-9-13-26-48(42)54(3,4)50(44)35-38)36-17-16-20-40(33-36)56(39-18-6-5-7-19-39)51-27-14-10-23-45(51)46-24-11-15-28-52(46)56/h5-35H,1-4H3. The van der Waals surface area contributed by atoms with Crippen LogP contribution in [0.2, 0.25) is 0 Å². The van der Waals surface area contributed by atoms with E-state index in [2.05, 4.69) is 221 Å². The highest BCUT2D eigenvalue weighted by Crippen LogP contribution is 2.53. The Kier molecular flexibility index (Phi) is 7.04. The lowest BCUT2D eigenvalue weighted by molar-refractivity contribution is 0.660. The summed E-state index contributed by atoms with van der Waals surface area (Å²) in [5, 5.41) is 5.73. The molecular formula is C54H43NSi. The Morgan fingerprint density at radius 3 is 1.27 bits per heavy atom. The van der Waals surface area contributed by atoms with E-state index in [9.17, 15) is 0 Å². The first-order valence-corrected chi connectivity index (χ1v) is 21.9. The topological polar surface area (TPSA) is 3.24 Å². The summed E-state index contributed by atoms with van der Waals surface area (Å²) >= 11 is 0. The SMILES string of the molecule is CC1(C)c2ccccc2-c2ccc(N(c3cccc([Si]4(c5ccccc5)c5ccccc5-c5ccccc54)c3)c3ccc4c(c3)C(C)(C)c3ccccc3-4)cc21. The molecule has 2 aliphatic carbocycles. The molecule has 8 aromatic carbocycles. The highest BCUT2D eigenvalue weighted by Gasteiger charge is 2.48. The number of hydrogen-bond acceptors (Lipinski definition) is 1. The number of benzene rings is 8. The predicted octanol–water partition coefficient (Wildman–Crippen LogP) is 11.1. The van der Waals surface area contributed by atoms with Crippen LogP contribution in [0.25, 0.3) is 33.4 Å². The Morgan fingerprint density at radius 1 is 0.321 bits per heavy atom. The molecule has 0 radical (unpaired) electrons. The zero-order valence-corrected chi connectivity index (χ0v) is 33.3. The van der Waals surface area contributed by atoms with Crippen molar-refractivity contribution < 1.29 is 0 Å². The van der Waals surface area contributed by atoms with E-state index in [0.29, 0.717) is 0 Å². The van der Waals surface area contributed by atoms with Gasteiger partial charge < -0.3 is 4.90 Å². The molecule has 1 aliphatic heterocycles. The summed E-state index contributed by atoms with van der Waals surface area (Å²) in [6, 6.07) is 71.5. The van der Waals surface area contributed by atoms with E-state index in [1.807, 2.05) is 0 Å². The maximum atomic E-state index is 2.53. The quantitative estimate of drug-likeness (QED) is 0.159. The van der Waals surface area contributed by atoms with Gasteiger partial charge in [-0.25, -0.2) is 0 Å². The van der Waals surface area contributed by atoms with Crippen LogP contribution in [0.5, 0.6) is 0 Å². The van der Waals surface area contributed by atoms with Crippen LogP contribution in [0.4, 0.5) is 17.1 Å². The molecule has 268 valence electrons. The fourth-order valence-electron chi connectivity index (χ4n) is 10.7. The monoisotopic (exact) mass is 733 g/mol. The predicted molar refractivity (Wildman–Crippen MR) is 239 cm³/mol. The molecule has 11 rings (SSSR count). The molecule has 1 heterocycles. The lowest BCUT2D eigenvalue weighted by atomic mass is 9.82. The fourth-order valence-corrected chi connectivity index (χ4v) is 15.9. The van der Waals surface area contributed by atoms with Crippen LogP contribution in [0.15, 0.2) is 188 Å². The second-order valence-corrected chi connectivity index (χ2v) is 20.6. The molecular weight excluding hydrogens is 691 g/mol. The highest BCUT2D eigenvalue weighted by atomic mass is 28.3. The van der Waals surface area contributed by atoms with E-state index < -0.39 is 8.07 Å². The fraction of sp³-hybridized carbons (Fsp3) is 0.111. The summed E-state index contributed by atoms with van der Waals surface area (Å²) in [6.45, 7) is 9.52. The molecule has 8 aromatic rings. The molecule has 1 nitrogen and oxygen atoms in total. The Bertz CT molecular complexity index is 2730. The molecule has 0 aromatic heterocycles. The van der Waals surface area contributed by atoms with Crippen molar-refractivity contribution in [1.29, 1.82) is 0 Å². The van der Waals surface area contributed by atoms with Crippen LogP contribution in [-0.2, 0) is 10.8 Å². The van der Waals surface area contributed by atoms with Crippen LogP contribution < -0.4 is 25.6 Å². The molecule has 2 heteroatoms. The van der Waals surface area contributed by atoms with Gasteiger partial charge in [0.15, 0.2) is 8.07 Å². The first kappa shape index (κ1) is 33.1. The maximum absolute atomic E-state index is 2.70. The molecule has 0 unspecified atom stereocenters. The summed E-state index contributed by atoms with van der Waals surface area (Å²) in [7, 11) is -2.70. The van der Waals surface area contributed by atoms with E-state index in [0.717, 1.165) is 0 Å². The Balaban J connectivity index is 1.16. The lowest BCUT2D eigenvalue weighted by Crippen LogP contribution is -2.72. The largest absolute Gasteiger partial charge is 0.310 e. The van der Waals surface area contributed by atoms with Gasteiger partial charge in [-0.05, 0) is 113 Å². The molecule has 0 spiro atoms. The van der Waals surface area contributed by atoms with Crippen LogP contribution in [0.1, 0.15) is 49.9 Å². The van der Waals surface area contributed by atoms with E-state index in [4.69, 9.17) is 0 Å². The van der Waals surface area contributed by atoms with Gasteiger partial charge in [0, 0.05) is 27.9 Å². The van der Waals surface area contributed by atoms with Gasteiger partial charge in [0.25, 0.3) is 0 Å². The van der Waals surface area contributed by atoms with Gasteiger partial charge in [-0.15, -0.1) is 0 Å². The number of anilines is 3. The van der Waals surface area contributed by atoms with Gasteiger partial charge in [0.1, 0.15) is 0 Å². The Morgan fingerprint density at radius 2 is 0.732 bits per heavy atom. The summed E-state index contributed by atoms with van der Waals surface area (Å²) in [4.78, 5) is 2.53. The minimum atomic E-state index is -2.70. The number of fused-ring (bicyclic) bond motifs is 9. The van der Waals surface area contributed by atoms with Crippen molar-refractivity contribution in [2.75, 3.05) is 4.90 Å². The van der Waals surface area contributed by atoms with E-state index >= 15 is 0 Å². The van der Waals surface area contributed by atoms with E-state index in [1.54, 1.807) is 0 Å². The third-order valence-electron chi connectivity index (χ3n) is 13.3. The highest BCUT2D eigenvalue weighted by molar-refractivity contribution is 7.22. The van der Waals surface area contributed by atoms with E-state index in [1.165, 1.54) is 93.4 Å². The van der Waals surface area contributed by atoms with Crippen molar-refractivity contribution in [3.8, 4) is 33.4 Å².